The molecule has 0 N–H and O–H groups in total. The quantitative estimate of drug-likeness (QED) is 0.347. The fraction of sp³-hybridized carbons (Fsp3) is 0.464. The van der Waals surface area contributed by atoms with Gasteiger partial charge in [-0.25, -0.2) is 0 Å². The Balaban J connectivity index is 1.88. The van der Waals surface area contributed by atoms with Crippen molar-refractivity contribution in [1.82, 2.24) is 4.90 Å². The zero-order chi connectivity index (χ0) is 23.0. The first-order chi connectivity index (χ1) is 15.4. The maximum Gasteiger partial charge on any atom is 0.261 e. The molecule has 0 bridgehead atoms. The first kappa shape index (κ1) is 24.5. The van der Waals surface area contributed by atoms with Crippen LogP contribution in [0.5, 0.6) is 0 Å². The van der Waals surface area contributed by atoms with Crippen LogP contribution in [0.2, 0.25) is 5.04 Å². The highest BCUT2D eigenvalue weighted by Crippen LogP contribution is 2.37. The van der Waals surface area contributed by atoms with E-state index < -0.39 is 8.32 Å². The Labute approximate surface area is 195 Å². The third-order valence-corrected chi connectivity index (χ3v) is 11.5. The Hall–Kier alpha value is -2.17. The van der Waals surface area contributed by atoms with Crippen LogP contribution in [0.25, 0.3) is 0 Å². The van der Waals surface area contributed by atoms with E-state index in [1.807, 2.05) is 11.1 Å². The van der Waals surface area contributed by atoms with Crippen LogP contribution in [0.3, 0.4) is 0 Å². The molecule has 1 fully saturated rings. The number of carbonyl (C=O) groups is 1. The molecule has 0 aliphatic carbocycles. The summed E-state index contributed by atoms with van der Waals surface area (Å²) < 4.78 is 7.08. The van der Waals surface area contributed by atoms with Crippen molar-refractivity contribution >= 4 is 24.6 Å². The van der Waals surface area contributed by atoms with Gasteiger partial charge in [0.25, 0.3) is 8.32 Å². The van der Waals surface area contributed by atoms with Crippen LogP contribution in [-0.4, -0.2) is 31.8 Å². The summed E-state index contributed by atoms with van der Waals surface area (Å²) in [5, 5.41) is 2.51. The van der Waals surface area contributed by atoms with E-state index in [0.29, 0.717) is 13.0 Å². The highest BCUT2D eigenvalue weighted by atomic mass is 28.4. The highest BCUT2D eigenvalue weighted by molar-refractivity contribution is 6.99. The summed E-state index contributed by atoms with van der Waals surface area (Å²) in [6.07, 6.45) is 10.3. The Morgan fingerprint density at radius 3 is 2.12 bits per heavy atom. The fourth-order valence-corrected chi connectivity index (χ4v) is 9.41. The molecule has 1 aliphatic rings. The smallest absolute Gasteiger partial charge is 0.261 e. The number of benzene rings is 2. The predicted molar refractivity (Wildman–Crippen MR) is 137 cm³/mol. The van der Waals surface area contributed by atoms with Gasteiger partial charge in [-0.15, -0.1) is 0 Å². The number of nitrogens with zero attached hydrogens (tertiary/aromatic N) is 1. The maximum atomic E-state index is 12.6. The molecule has 172 valence electrons. The standard InChI is InChI=1S/C28H39NO2Si/c1-5-6-7-8-15-22-29-24(20-21-27(29)30)23-31-32(28(2,3)4,25-16-11-9-12-17-25)26-18-13-10-14-19-26/h9-19,22,24H,5-8,20-21,23H2,1-4H3/b22-15+/t24-/m0/s1. The van der Waals surface area contributed by atoms with E-state index in [4.69, 9.17) is 4.43 Å². The van der Waals surface area contributed by atoms with Gasteiger partial charge < -0.3 is 9.33 Å². The minimum absolute atomic E-state index is 0.0564. The van der Waals surface area contributed by atoms with Crippen molar-refractivity contribution in [3.05, 3.63) is 72.9 Å². The number of carbonyl (C=O) groups excluding carboxylic acids is 1. The average Bonchev–Trinajstić information content (AvgIpc) is 3.14. The molecule has 0 unspecified atom stereocenters. The van der Waals surface area contributed by atoms with Gasteiger partial charge >= 0.3 is 0 Å². The molecule has 32 heavy (non-hydrogen) atoms. The minimum Gasteiger partial charge on any atom is -0.405 e. The van der Waals surface area contributed by atoms with Crippen LogP contribution in [-0.2, 0) is 9.22 Å². The van der Waals surface area contributed by atoms with Crippen molar-refractivity contribution in [3.63, 3.8) is 0 Å². The molecule has 1 saturated heterocycles. The van der Waals surface area contributed by atoms with Gasteiger partial charge in [-0.2, -0.15) is 0 Å². The molecule has 0 spiro atoms. The number of allylic oxidation sites excluding steroid dienone is 1. The van der Waals surface area contributed by atoms with Crippen LogP contribution in [0.4, 0.5) is 0 Å². The van der Waals surface area contributed by atoms with E-state index in [9.17, 15) is 4.79 Å². The molecular weight excluding hydrogens is 410 g/mol. The SMILES string of the molecule is CCCCC/C=C/N1C(=O)CC[C@H]1CO[Si](c1ccccc1)(c1ccccc1)C(C)(C)C. The van der Waals surface area contributed by atoms with Gasteiger partial charge in [0.05, 0.1) is 12.6 Å². The number of amides is 1. The Kier molecular flexibility index (Phi) is 8.49. The molecule has 0 radical (unpaired) electrons. The van der Waals surface area contributed by atoms with Crippen molar-refractivity contribution in [2.24, 2.45) is 0 Å². The first-order valence-electron chi connectivity index (χ1n) is 12.1. The topological polar surface area (TPSA) is 29.5 Å². The second-order valence-electron chi connectivity index (χ2n) is 9.85. The van der Waals surface area contributed by atoms with E-state index in [0.717, 1.165) is 12.8 Å². The summed E-state index contributed by atoms with van der Waals surface area (Å²) in [7, 11) is -2.58. The van der Waals surface area contributed by atoms with Gasteiger partial charge in [0.1, 0.15) is 0 Å². The molecule has 4 heteroatoms. The van der Waals surface area contributed by atoms with Crippen molar-refractivity contribution in [2.45, 2.75) is 77.3 Å². The molecule has 1 amide bonds. The van der Waals surface area contributed by atoms with Crippen molar-refractivity contribution < 1.29 is 9.22 Å². The summed E-state index contributed by atoms with van der Waals surface area (Å²) in [5.41, 5.74) is 0. The lowest BCUT2D eigenvalue weighted by Gasteiger charge is -2.44. The number of unbranched alkanes of at least 4 members (excludes halogenated alkanes) is 3. The van der Waals surface area contributed by atoms with Crippen LogP contribution in [0.1, 0.15) is 66.2 Å². The minimum atomic E-state index is -2.58. The third kappa shape index (κ3) is 5.41. The Morgan fingerprint density at radius 1 is 1.00 bits per heavy atom. The lowest BCUT2D eigenvalue weighted by Crippen LogP contribution is -2.67. The van der Waals surface area contributed by atoms with E-state index in [1.165, 1.54) is 29.6 Å². The maximum absolute atomic E-state index is 12.6. The molecular formula is C28H39NO2Si. The molecule has 3 rings (SSSR count). The summed E-state index contributed by atoms with van der Waals surface area (Å²) in [6, 6.07) is 21.6. The van der Waals surface area contributed by atoms with Crippen molar-refractivity contribution in [2.75, 3.05) is 6.61 Å². The van der Waals surface area contributed by atoms with Crippen molar-refractivity contribution in [1.29, 1.82) is 0 Å². The number of hydrogen-bond acceptors (Lipinski definition) is 2. The molecule has 2 aromatic rings. The van der Waals surface area contributed by atoms with E-state index in [1.54, 1.807) is 0 Å². The van der Waals surface area contributed by atoms with Gasteiger partial charge in [-0.05, 0) is 34.7 Å². The normalized spacial score (nSPS) is 17.4. The monoisotopic (exact) mass is 449 g/mol. The summed E-state index contributed by atoms with van der Waals surface area (Å²) in [4.78, 5) is 14.5. The van der Waals surface area contributed by atoms with Gasteiger partial charge in [0.2, 0.25) is 5.91 Å². The third-order valence-electron chi connectivity index (χ3n) is 6.52. The van der Waals surface area contributed by atoms with Crippen LogP contribution < -0.4 is 10.4 Å². The Bertz CT molecular complexity index is 834. The zero-order valence-electron chi connectivity index (χ0n) is 20.2. The molecule has 0 aromatic heterocycles. The zero-order valence-corrected chi connectivity index (χ0v) is 21.2. The lowest BCUT2D eigenvalue weighted by atomic mass is 10.2. The van der Waals surface area contributed by atoms with Gasteiger partial charge in [-0.1, -0.05) is 107 Å². The number of hydrogen-bond donors (Lipinski definition) is 0. The highest BCUT2D eigenvalue weighted by Gasteiger charge is 2.50. The van der Waals surface area contributed by atoms with Crippen LogP contribution in [0, 0.1) is 0 Å². The average molecular weight is 450 g/mol. The van der Waals surface area contributed by atoms with E-state index in [-0.39, 0.29) is 17.0 Å². The van der Waals surface area contributed by atoms with E-state index in [2.05, 4.69) is 94.4 Å². The largest absolute Gasteiger partial charge is 0.405 e. The molecule has 1 aliphatic heterocycles. The molecule has 1 heterocycles. The second kappa shape index (κ2) is 11.1. The Morgan fingerprint density at radius 2 is 1.59 bits per heavy atom. The molecule has 2 aromatic carbocycles. The van der Waals surface area contributed by atoms with Crippen molar-refractivity contribution in [3.8, 4) is 0 Å². The van der Waals surface area contributed by atoms with Crippen LogP contribution >= 0.6 is 0 Å². The summed E-state index contributed by atoms with van der Waals surface area (Å²) in [5.74, 6) is 0.216. The van der Waals surface area contributed by atoms with Crippen LogP contribution in [0.15, 0.2) is 72.9 Å². The number of likely N-dealkylation sites (tertiary alicyclic amines) is 1. The summed E-state index contributed by atoms with van der Waals surface area (Å²) >= 11 is 0. The molecule has 1 atom stereocenters. The number of rotatable bonds is 10. The predicted octanol–water partition coefficient (Wildman–Crippen LogP) is 5.65. The van der Waals surface area contributed by atoms with Gasteiger partial charge in [0, 0.05) is 12.6 Å². The molecule has 0 saturated carbocycles. The van der Waals surface area contributed by atoms with Gasteiger partial charge in [0.15, 0.2) is 0 Å². The molecule has 3 nitrogen and oxygen atoms in total. The summed E-state index contributed by atoms with van der Waals surface area (Å²) in [6.45, 7) is 9.67. The second-order valence-corrected chi connectivity index (χ2v) is 14.2. The lowest BCUT2D eigenvalue weighted by molar-refractivity contribution is -0.126. The van der Waals surface area contributed by atoms with Gasteiger partial charge in [-0.3, -0.25) is 4.79 Å². The first-order valence-corrected chi connectivity index (χ1v) is 14.0. The van der Waals surface area contributed by atoms with E-state index >= 15 is 0 Å². The fourth-order valence-electron chi connectivity index (χ4n) is 4.81.